The molecule has 1 aromatic carbocycles. The Morgan fingerprint density at radius 1 is 1.33 bits per heavy atom. The third-order valence-electron chi connectivity index (χ3n) is 3.46. The molecule has 1 aromatic rings. The molecule has 2 aliphatic heterocycles. The maximum Gasteiger partial charge on any atom is 0.123 e. The van der Waals surface area contributed by atoms with Crippen molar-refractivity contribution in [1.82, 2.24) is 5.32 Å². The molecular weight excluding hydrogens is 193 g/mol. The van der Waals surface area contributed by atoms with Gasteiger partial charge in [-0.15, -0.1) is 0 Å². The molecule has 0 amide bonds. The normalized spacial score (nSPS) is 28.9. The molecule has 80 valence electrons. The zero-order valence-corrected chi connectivity index (χ0v) is 8.50. The number of nitrogens with one attached hydrogen (secondary N) is 1. The molecule has 15 heavy (non-hydrogen) atoms. The number of fused-ring (bicyclic) bond motifs is 3. The van der Waals surface area contributed by atoms with Crippen molar-refractivity contribution in [3.05, 3.63) is 29.6 Å². The van der Waals surface area contributed by atoms with Crippen LogP contribution >= 0.6 is 0 Å². The largest absolute Gasteiger partial charge is 0.493 e. The zero-order chi connectivity index (χ0) is 10.3. The van der Waals surface area contributed by atoms with Gasteiger partial charge in [0.1, 0.15) is 11.6 Å². The summed E-state index contributed by atoms with van der Waals surface area (Å²) >= 11 is 0. The highest BCUT2D eigenvalue weighted by molar-refractivity contribution is 5.39. The van der Waals surface area contributed by atoms with Crippen molar-refractivity contribution < 1.29 is 9.13 Å². The minimum absolute atomic E-state index is 0.162. The van der Waals surface area contributed by atoms with Crippen LogP contribution in [0, 0.1) is 11.7 Å². The van der Waals surface area contributed by atoms with Gasteiger partial charge in [0.25, 0.3) is 0 Å². The van der Waals surface area contributed by atoms with E-state index in [1.807, 2.05) is 0 Å². The van der Waals surface area contributed by atoms with Gasteiger partial charge in [0.2, 0.25) is 0 Å². The lowest BCUT2D eigenvalue weighted by Crippen LogP contribution is -2.11. The van der Waals surface area contributed by atoms with Gasteiger partial charge in [0.15, 0.2) is 0 Å². The molecule has 2 aliphatic rings. The lowest BCUT2D eigenvalue weighted by atomic mass is 9.87. The molecule has 1 N–H and O–H groups in total. The molecule has 1 fully saturated rings. The standard InChI is InChI=1S/C12H14FNO/c13-9-1-2-12-10(5-9)11-7-14-6-8(11)3-4-15-12/h1-2,5,8,11,14H,3-4,6-7H2/t8-,11-/m0/s1. The average molecular weight is 207 g/mol. The van der Waals surface area contributed by atoms with Crippen molar-refractivity contribution in [2.75, 3.05) is 19.7 Å². The fourth-order valence-corrected chi connectivity index (χ4v) is 2.66. The van der Waals surface area contributed by atoms with Crippen LogP contribution in [-0.2, 0) is 0 Å². The maximum atomic E-state index is 13.2. The van der Waals surface area contributed by atoms with Gasteiger partial charge in [-0.2, -0.15) is 0 Å². The van der Waals surface area contributed by atoms with Crippen molar-refractivity contribution in [3.63, 3.8) is 0 Å². The summed E-state index contributed by atoms with van der Waals surface area (Å²) in [6.45, 7) is 2.73. The fourth-order valence-electron chi connectivity index (χ4n) is 2.66. The first-order chi connectivity index (χ1) is 7.34. The van der Waals surface area contributed by atoms with E-state index < -0.39 is 0 Å². The fraction of sp³-hybridized carbons (Fsp3) is 0.500. The van der Waals surface area contributed by atoms with E-state index in [4.69, 9.17) is 4.74 Å². The van der Waals surface area contributed by atoms with E-state index in [1.54, 1.807) is 12.1 Å². The van der Waals surface area contributed by atoms with E-state index in [2.05, 4.69) is 5.32 Å². The van der Waals surface area contributed by atoms with Crippen LogP contribution in [0.25, 0.3) is 0 Å². The molecule has 2 nitrogen and oxygen atoms in total. The summed E-state index contributed by atoms with van der Waals surface area (Å²) in [5.74, 6) is 1.74. The van der Waals surface area contributed by atoms with Crippen LogP contribution in [0.1, 0.15) is 17.9 Å². The predicted molar refractivity (Wildman–Crippen MR) is 55.6 cm³/mol. The molecule has 3 heteroatoms. The topological polar surface area (TPSA) is 21.3 Å². The second-order valence-corrected chi connectivity index (χ2v) is 4.34. The smallest absolute Gasteiger partial charge is 0.123 e. The summed E-state index contributed by atoms with van der Waals surface area (Å²) < 4.78 is 18.9. The Labute approximate surface area is 88.4 Å². The zero-order valence-electron chi connectivity index (χ0n) is 8.50. The Bertz CT molecular complexity index is 380. The Kier molecular flexibility index (Phi) is 2.13. The Morgan fingerprint density at radius 2 is 2.27 bits per heavy atom. The third kappa shape index (κ3) is 1.51. The number of hydrogen-bond acceptors (Lipinski definition) is 2. The van der Waals surface area contributed by atoms with Crippen molar-refractivity contribution in [2.24, 2.45) is 5.92 Å². The first-order valence-corrected chi connectivity index (χ1v) is 5.47. The summed E-state index contributed by atoms with van der Waals surface area (Å²) in [7, 11) is 0. The molecule has 0 bridgehead atoms. The van der Waals surface area contributed by atoms with Crippen LogP contribution in [0.3, 0.4) is 0 Å². The molecular formula is C12H14FNO. The van der Waals surface area contributed by atoms with E-state index in [0.717, 1.165) is 37.4 Å². The van der Waals surface area contributed by atoms with Gasteiger partial charge < -0.3 is 10.1 Å². The molecule has 0 radical (unpaired) electrons. The lowest BCUT2D eigenvalue weighted by Gasteiger charge is -2.15. The Hall–Kier alpha value is -1.09. The van der Waals surface area contributed by atoms with Crippen LogP contribution in [0.2, 0.25) is 0 Å². The van der Waals surface area contributed by atoms with Crippen molar-refractivity contribution in [3.8, 4) is 5.75 Å². The minimum Gasteiger partial charge on any atom is -0.493 e. The van der Waals surface area contributed by atoms with E-state index in [-0.39, 0.29) is 5.82 Å². The van der Waals surface area contributed by atoms with Crippen molar-refractivity contribution in [1.29, 1.82) is 0 Å². The van der Waals surface area contributed by atoms with E-state index in [1.165, 1.54) is 6.07 Å². The molecule has 0 saturated carbocycles. The van der Waals surface area contributed by atoms with Gasteiger partial charge in [-0.05, 0) is 37.1 Å². The first-order valence-electron chi connectivity index (χ1n) is 5.47. The third-order valence-corrected chi connectivity index (χ3v) is 3.46. The highest BCUT2D eigenvalue weighted by Crippen LogP contribution is 2.38. The van der Waals surface area contributed by atoms with Crippen LogP contribution in [0.5, 0.6) is 5.75 Å². The highest BCUT2D eigenvalue weighted by atomic mass is 19.1. The van der Waals surface area contributed by atoms with Gasteiger partial charge in [0, 0.05) is 18.0 Å². The quantitative estimate of drug-likeness (QED) is 0.701. The van der Waals surface area contributed by atoms with Gasteiger partial charge in [-0.3, -0.25) is 0 Å². The number of hydrogen-bond donors (Lipinski definition) is 1. The molecule has 0 unspecified atom stereocenters. The van der Waals surface area contributed by atoms with Crippen LogP contribution < -0.4 is 10.1 Å². The molecule has 0 aromatic heterocycles. The lowest BCUT2D eigenvalue weighted by molar-refractivity contribution is 0.296. The van der Waals surface area contributed by atoms with Gasteiger partial charge in [-0.1, -0.05) is 0 Å². The molecule has 0 spiro atoms. The van der Waals surface area contributed by atoms with Crippen LogP contribution in [-0.4, -0.2) is 19.7 Å². The first kappa shape index (κ1) is 9.16. The van der Waals surface area contributed by atoms with Gasteiger partial charge in [0.05, 0.1) is 6.61 Å². The summed E-state index contributed by atoms with van der Waals surface area (Å²) in [6, 6.07) is 4.86. The molecule has 0 aliphatic carbocycles. The molecule has 2 atom stereocenters. The monoisotopic (exact) mass is 207 g/mol. The van der Waals surface area contributed by atoms with Crippen molar-refractivity contribution >= 4 is 0 Å². The van der Waals surface area contributed by atoms with Gasteiger partial charge >= 0.3 is 0 Å². The Balaban J connectivity index is 2.06. The maximum absolute atomic E-state index is 13.2. The minimum atomic E-state index is -0.162. The van der Waals surface area contributed by atoms with E-state index in [0.29, 0.717) is 11.8 Å². The summed E-state index contributed by atoms with van der Waals surface area (Å²) in [4.78, 5) is 0. The highest BCUT2D eigenvalue weighted by Gasteiger charge is 2.32. The molecule has 2 heterocycles. The summed E-state index contributed by atoms with van der Waals surface area (Å²) in [5, 5.41) is 3.37. The van der Waals surface area contributed by atoms with Crippen LogP contribution in [0.15, 0.2) is 18.2 Å². The predicted octanol–water partition coefficient (Wildman–Crippen LogP) is 1.91. The van der Waals surface area contributed by atoms with Crippen LogP contribution in [0.4, 0.5) is 4.39 Å². The second-order valence-electron chi connectivity index (χ2n) is 4.34. The summed E-state index contributed by atoms with van der Waals surface area (Å²) in [5.41, 5.74) is 1.04. The second kappa shape index (κ2) is 3.49. The van der Waals surface area contributed by atoms with E-state index >= 15 is 0 Å². The molecule has 1 saturated heterocycles. The van der Waals surface area contributed by atoms with Gasteiger partial charge in [-0.25, -0.2) is 4.39 Å². The van der Waals surface area contributed by atoms with E-state index in [9.17, 15) is 4.39 Å². The Morgan fingerprint density at radius 3 is 3.20 bits per heavy atom. The SMILES string of the molecule is Fc1ccc2c(c1)[C@H]1CNC[C@@H]1CCO2. The number of ether oxygens (including phenoxy) is 1. The average Bonchev–Trinajstić information content (AvgIpc) is 2.62. The number of rotatable bonds is 0. The summed E-state index contributed by atoms with van der Waals surface area (Å²) in [6.07, 6.45) is 1.06. The molecule has 3 rings (SSSR count). The number of benzene rings is 1. The number of halogens is 1. The van der Waals surface area contributed by atoms with Crippen molar-refractivity contribution in [2.45, 2.75) is 12.3 Å².